The number of allylic oxidation sites excluding steroid dienone is 2. The molecule has 1 aliphatic carbocycles. The number of rotatable bonds is 7. The van der Waals surface area contributed by atoms with Crippen LogP contribution in [-0.2, 0) is 24.0 Å². The summed E-state index contributed by atoms with van der Waals surface area (Å²) in [6, 6.07) is 0. The van der Waals surface area contributed by atoms with Gasteiger partial charge < -0.3 is 14.5 Å². The highest BCUT2D eigenvalue weighted by molar-refractivity contribution is 6.23. The maximum atomic E-state index is 12.6. The van der Waals surface area contributed by atoms with Gasteiger partial charge >= 0.3 is 5.97 Å². The Morgan fingerprint density at radius 3 is 2.42 bits per heavy atom. The first-order valence-electron chi connectivity index (χ1n) is 8.16. The van der Waals surface area contributed by atoms with Crippen molar-refractivity contribution >= 4 is 23.4 Å². The summed E-state index contributed by atoms with van der Waals surface area (Å²) < 4.78 is 5.25. The van der Waals surface area contributed by atoms with Crippen molar-refractivity contribution in [3.05, 3.63) is 11.3 Å². The highest BCUT2D eigenvalue weighted by Crippen LogP contribution is 2.31. The Morgan fingerprint density at radius 1 is 1.25 bits per heavy atom. The first-order valence-corrected chi connectivity index (χ1v) is 8.16. The molecule has 0 N–H and O–H groups in total. The van der Waals surface area contributed by atoms with Crippen molar-refractivity contribution in [1.82, 2.24) is 4.90 Å². The second-order valence-corrected chi connectivity index (χ2v) is 5.86. The zero-order valence-electron chi connectivity index (χ0n) is 15.0. The minimum absolute atomic E-state index is 0.0754. The van der Waals surface area contributed by atoms with Crippen molar-refractivity contribution in [3.8, 4) is 0 Å². The van der Waals surface area contributed by atoms with Crippen molar-refractivity contribution in [2.75, 3.05) is 20.7 Å². The molecule has 1 unspecified atom stereocenters. The SMILES string of the molecule is CCCC(=NOCC)C1=C(OC(C)=O)CC(C(=O)N(C)C)CC1=O. The number of amides is 1. The molecule has 134 valence electrons. The van der Waals surface area contributed by atoms with Gasteiger partial charge in [-0.2, -0.15) is 0 Å². The van der Waals surface area contributed by atoms with Crippen LogP contribution in [0.15, 0.2) is 16.5 Å². The molecular weight excluding hydrogens is 312 g/mol. The molecule has 24 heavy (non-hydrogen) atoms. The molecular formula is C17H26N2O5. The summed E-state index contributed by atoms with van der Waals surface area (Å²) in [5, 5.41) is 4.02. The normalized spacial score (nSPS) is 18.5. The molecule has 0 bridgehead atoms. The van der Waals surface area contributed by atoms with E-state index >= 15 is 0 Å². The number of nitrogens with zero attached hydrogens (tertiary/aromatic N) is 2. The third-order valence-electron chi connectivity index (χ3n) is 3.56. The molecule has 0 aromatic carbocycles. The van der Waals surface area contributed by atoms with E-state index in [2.05, 4.69) is 5.16 Å². The molecule has 0 aromatic heterocycles. The summed E-state index contributed by atoms with van der Waals surface area (Å²) in [6.45, 7) is 5.40. The van der Waals surface area contributed by atoms with Crippen LogP contribution in [0.4, 0.5) is 0 Å². The van der Waals surface area contributed by atoms with E-state index in [-0.39, 0.29) is 35.9 Å². The summed E-state index contributed by atoms with van der Waals surface area (Å²) in [5.74, 6) is -1.25. The average Bonchev–Trinajstić information content (AvgIpc) is 2.50. The Hall–Kier alpha value is -2.18. The van der Waals surface area contributed by atoms with E-state index in [1.807, 2.05) is 6.92 Å². The fourth-order valence-electron chi connectivity index (χ4n) is 2.60. The quantitative estimate of drug-likeness (QED) is 0.403. The number of hydrogen-bond acceptors (Lipinski definition) is 6. The number of oxime groups is 1. The van der Waals surface area contributed by atoms with Gasteiger partial charge in [0.15, 0.2) is 5.78 Å². The topological polar surface area (TPSA) is 85.3 Å². The van der Waals surface area contributed by atoms with Crippen molar-refractivity contribution in [2.24, 2.45) is 11.1 Å². The van der Waals surface area contributed by atoms with E-state index in [1.165, 1.54) is 11.8 Å². The number of carbonyl (C=O) groups is 3. The molecule has 1 atom stereocenters. The smallest absolute Gasteiger partial charge is 0.307 e. The number of ketones is 1. The molecule has 1 amide bonds. The van der Waals surface area contributed by atoms with Gasteiger partial charge in [0.05, 0.1) is 17.2 Å². The molecule has 0 saturated carbocycles. The zero-order chi connectivity index (χ0) is 18.3. The molecule has 1 rings (SSSR count). The van der Waals surface area contributed by atoms with Crippen LogP contribution in [0.2, 0.25) is 0 Å². The van der Waals surface area contributed by atoms with Gasteiger partial charge in [0.1, 0.15) is 12.4 Å². The van der Waals surface area contributed by atoms with Gasteiger partial charge in [-0.25, -0.2) is 0 Å². The lowest BCUT2D eigenvalue weighted by atomic mass is 9.83. The molecule has 1 aliphatic rings. The molecule has 0 fully saturated rings. The van der Waals surface area contributed by atoms with Crippen molar-refractivity contribution in [3.63, 3.8) is 0 Å². The fraction of sp³-hybridized carbons (Fsp3) is 0.647. The Labute approximate surface area is 142 Å². The number of Topliss-reactive ketones (excluding diaryl/α,β-unsaturated/α-hetero) is 1. The molecule has 7 heteroatoms. The van der Waals surface area contributed by atoms with E-state index < -0.39 is 11.9 Å². The van der Waals surface area contributed by atoms with E-state index in [4.69, 9.17) is 9.57 Å². The third kappa shape index (κ3) is 5.18. The van der Waals surface area contributed by atoms with Crippen LogP contribution >= 0.6 is 0 Å². The van der Waals surface area contributed by atoms with Gasteiger partial charge in [-0.05, 0) is 13.3 Å². The molecule has 0 spiro atoms. The predicted molar refractivity (Wildman–Crippen MR) is 89.2 cm³/mol. The lowest BCUT2D eigenvalue weighted by Crippen LogP contribution is -2.36. The van der Waals surface area contributed by atoms with Crippen LogP contribution < -0.4 is 0 Å². The Balaban J connectivity index is 3.28. The number of ether oxygens (including phenoxy) is 1. The van der Waals surface area contributed by atoms with Gasteiger partial charge in [0.2, 0.25) is 5.91 Å². The zero-order valence-corrected chi connectivity index (χ0v) is 15.0. The molecule has 0 heterocycles. The minimum Gasteiger partial charge on any atom is -0.430 e. The highest BCUT2D eigenvalue weighted by atomic mass is 16.6. The minimum atomic E-state index is -0.527. The fourth-order valence-corrected chi connectivity index (χ4v) is 2.60. The van der Waals surface area contributed by atoms with Gasteiger partial charge in [-0.3, -0.25) is 14.4 Å². The van der Waals surface area contributed by atoms with Gasteiger partial charge in [-0.1, -0.05) is 18.5 Å². The Bertz CT molecular complexity index is 563. The largest absolute Gasteiger partial charge is 0.430 e. The number of hydrogen-bond donors (Lipinski definition) is 0. The van der Waals surface area contributed by atoms with Crippen LogP contribution in [0.25, 0.3) is 0 Å². The molecule has 0 saturated heterocycles. The van der Waals surface area contributed by atoms with Crippen LogP contribution in [0.5, 0.6) is 0 Å². The molecule has 0 aliphatic heterocycles. The van der Waals surface area contributed by atoms with E-state index in [0.717, 1.165) is 6.42 Å². The lowest BCUT2D eigenvalue weighted by molar-refractivity contribution is -0.140. The van der Waals surface area contributed by atoms with Crippen LogP contribution in [-0.4, -0.2) is 49.0 Å². The maximum absolute atomic E-state index is 12.6. The van der Waals surface area contributed by atoms with Gasteiger partial charge in [0.25, 0.3) is 0 Å². The standard InChI is InChI=1S/C17H26N2O5/c1-6-8-13(18-23-7-2)16-14(21)9-12(17(22)19(4)5)10-15(16)24-11(3)20/h12H,6-10H2,1-5H3. The molecule has 0 radical (unpaired) electrons. The highest BCUT2D eigenvalue weighted by Gasteiger charge is 2.36. The van der Waals surface area contributed by atoms with Crippen molar-refractivity contribution in [1.29, 1.82) is 0 Å². The summed E-state index contributed by atoms with van der Waals surface area (Å²) >= 11 is 0. The van der Waals surface area contributed by atoms with Crippen molar-refractivity contribution in [2.45, 2.75) is 46.5 Å². The van der Waals surface area contributed by atoms with E-state index in [0.29, 0.717) is 18.7 Å². The second kappa shape index (κ2) is 9.20. The van der Waals surface area contributed by atoms with Crippen molar-refractivity contribution < 1.29 is 24.0 Å². The van der Waals surface area contributed by atoms with Gasteiger partial charge in [0, 0.05) is 33.9 Å². The number of carbonyl (C=O) groups excluding carboxylic acids is 3. The van der Waals surface area contributed by atoms with Gasteiger partial charge in [-0.15, -0.1) is 0 Å². The summed E-state index contributed by atoms with van der Waals surface area (Å²) in [4.78, 5) is 42.8. The second-order valence-electron chi connectivity index (χ2n) is 5.86. The molecule has 7 nitrogen and oxygen atoms in total. The predicted octanol–water partition coefficient (Wildman–Crippen LogP) is 2.06. The summed E-state index contributed by atoms with van der Waals surface area (Å²) in [5.41, 5.74) is 0.750. The Kier molecular flexibility index (Phi) is 7.61. The van der Waals surface area contributed by atoms with E-state index in [9.17, 15) is 14.4 Å². The van der Waals surface area contributed by atoms with Crippen LogP contribution in [0, 0.1) is 5.92 Å². The lowest BCUT2D eigenvalue weighted by Gasteiger charge is -2.27. The van der Waals surface area contributed by atoms with Crippen LogP contribution in [0.3, 0.4) is 0 Å². The van der Waals surface area contributed by atoms with E-state index in [1.54, 1.807) is 21.0 Å². The van der Waals surface area contributed by atoms with Crippen LogP contribution in [0.1, 0.15) is 46.5 Å². The monoisotopic (exact) mass is 338 g/mol. The average molecular weight is 338 g/mol. The number of esters is 1. The summed E-state index contributed by atoms with van der Waals surface area (Å²) in [7, 11) is 3.27. The first kappa shape index (κ1) is 19.9. The first-order chi connectivity index (χ1) is 11.3. The summed E-state index contributed by atoms with van der Waals surface area (Å²) in [6.07, 6.45) is 1.56. The maximum Gasteiger partial charge on any atom is 0.307 e. The Morgan fingerprint density at radius 2 is 1.92 bits per heavy atom. The molecule has 0 aromatic rings. The third-order valence-corrected chi connectivity index (χ3v) is 3.56.